The molecule has 0 radical (unpaired) electrons. The van der Waals surface area contributed by atoms with E-state index >= 15 is 0 Å². The summed E-state index contributed by atoms with van der Waals surface area (Å²) in [5, 5.41) is 2.81. The molecule has 0 aromatic heterocycles. The molecular weight excluding hydrogens is 526 g/mol. The lowest BCUT2D eigenvalue weighted by Gasteiger charge is -2.33. The van der Waals surface area contributed by atoms with Crippen LogP contribution >= 0.6 is 0 Å². The van der Waals surface area contributed by atoms with Gasteiger partial charge in [0.2, 0.25) is 11.8 Å². The number of aryl methyl sites for hydroxylation is 3. The highest BCUT2D eigenvalue weighted by molar-refractivity contribution is 7.92. The number of nitrogens with one attached hydrogen (secondary N) is 1. The number of benzene rings is 3. The molecule has 0 unspecified atom stereocenters. The smallest absolute Gasteiger partial charge is 0.264 e. The SMILES string of the molecule is CCNC(=O)[C@@H](CC)N(Cc1ccc(OC)cc1)C(=O)CN(c1ccc(C)cc1C)S(=O)(=O)c1ccc(C)cc1. The Morgan fingerprint density at radius 1 is 0.900 bits per heavy atom. The fourth-order valence-corrected chi connectivity index (χ4v) is 6.05. The van der Waals surface area contributed by atoms with E-state index in [0.29, 0.717) is 24.4 Å². The van der Waals surface area contributed by atoms with Crippen LogP contribution in [0.2, 0.25) is 0 Å². The van der Waals surface area contributed by atoms with Gasteiger partial charge in [-0.3, -0.25) is 13.9 Å². The summed E-state index contributed by atoms with van der Waals surface area (Å²) in [5.41, 5.74) is 3.82. The fourth-order valence-electron chi connectivity index (χ4n) is 4.58. The number of carbonyl (C=O) groups excluding carboxylic acids is 2. The molecule has 1 N–H and O–H groups in total. The lowest BCUT2D eigenvalue weighted by Crippen LogP contribution is -2.52. The maximum absolute atomic E-state index is 14.1. The zero-order valence-electron chi connectivity index (χ0n) is 24.1. The molecule has 0 aliphatic heterocycles. The third-order valence-corrected chi connectivity index (χ3v) is 8.53. The van der Waals surface area contributed by atoms with Crippen molar-refractivity contribution in [3.05, 3.63) is 89.0 Å². The second kappa shape index (κ2) is 13.5. The molecule has 2 amide bonds. The number of carbonyl (C=O) groups is 2. The van der Waals surface area contributed by atoms with Crippen molar-refractivity contribution in [2.24, 2.45) is 0 Å². The number of amides is 2. The topological polar surface area (TPSA) is 96.0 Å². The first-order valence-electron chi connectivity index (χ1n) is 13.4. The Hall–Kier alpha value is -3.85. The minimum atomic E-state index is -4.11. The molecule has 0 heterocycles. The zero-order valence-corrected chi connectivity index (χ0v) is 24.9. The van der Waals surface area contributed by atoms with Gasteiger partial charge >= 0.3 is 0 Å². The summed E-state index contributed by atoms with van der Waals surface area (Å²) in [6.07, 6.45) is 0.363. The maximum Gasteiger partial charge on any atom is 0.264 e. The molecule has 3 rings (SSSR count). The van der Waals surface area contributed by atoms with Crippen LogP contribution in [0.5, 0.6) is 5.75 Å². The van der Waals surface area contributed by atoms with Crippen LogP contribution in [-0.4, -0.2) is 51.4 Å². The van der Waals surface area contributed by atoms with E-state index in [1.54, 1.807) is 49.6 Å². The standard InChI is InChI=1S/C31H39N3O5S/c1-7-28(31(36)32-8-2)33(20-25-12-14-26(39-6)15-13-25)30(35)21-34(29-18-11-23(4)19-24(29)5)40(37,38)27-16-9-22(3)10-17-27/h9-19,28H,7-8,20-21H2,1-6H3,(H,32,36)/t28-/m1/s1. The highest BCUT2D eigenvalue weighted by Gasteiger charge is 2.34. The van der Waals surface area contributed by atoms with Crippen molar-refractivity contribution in [2.45, 2.75) is 58.5 Å². The van der Waals surface area contributed by atoms with Gasteiger partial charge in [0, 0.05) is 13.1 Å². The number of likely N-dealkylation sites (N-methyl/N-ethyl adjacent to an activating group) is 1. The molecule has 3 aromatic carbocycles. The molecule has 0 fully saturated rings. The molecule has 0 aliphatic rings. The normalized spacial score (nSPS) is 11.9. The van der Waals surface area contributed by atoms with Gasteiger partial charge in [0.25, 0.3) is 10.0 Å². The number of hydrogen-bond acceptors (Lipinski definition) is 5. The van der Waals surface area contributed by atoms with E-state index in [0.717, 1.165) is 26.6 Å². The van der Waals surface area contributed by atoms with Gasteiger partial charge in [0.1, 0.15) is 18.3 Å². The molecule has 40 heavy (non-hydrogen) atoms. The lowest BCUT2D eigenvalue weighted by molar-refractivity contribution is -0.140. The van der Waals surface area contributed by atoms with Gasteiger partial charge in [-0.1, -0.05) is 54.4 Å². The van der Waals surface area contributed by atoms with Crippen LogP contribution in [0.25, 0.3) is 0 Å². The Bertz CT molecular complexity index is 1420. The summed E-state index contributed by atoms with van der Waals surface area (Å²) in [6, 6.07) is 18.4. The Balaban J connectivity index is 2.08. The van der Waals surface area contributed by atoms with Crippen LogP contribution < -0.4 is 14.4 Å². The molecule has 3 aromatic rings. The van der Waals surface area contributed by atoms with Gasteiger partial charge in [-0.05, 0) is 75.6 Å². The number of sulfonamides is 1. The van der Waals surface area contributed by atoms with Crippen molar-refractivity contribution >= 4 is 27.5 Å². The van der Waals surface area contributed by atoms with E-state index in [1.807, 2.05) is 58.9 Å². The van der Waals surface area contributed by atoms with Crippen molar-refractivity contribution in [3.63, 3.8) is 0 Å². The van der Waals surface area contributed by atoms with E-state index in [-0.39, 0.29) is 17.3 Å². The average Bonchev–Trinajstić information content (AvgIpc) is 2.92. The van der Waals surface area contributed by atoms with E-state index in [1.165, 1.54) is 4.90 Å². The Labute approximate surface area is 238 Å². The maximum atomic E-state index is 14.1. The summed E-state index contributed by atoms with van der Waals surface area (Å²) in [7, 11) is -2.54. The molecule has 214 valence electrons. The minimum Gasteiger partial charge on any atom is -0.497 e. The number of methoxy groups -OCH3 is 1. The highest BCUT2D eigenvalue weighted by atomic mass is 32.2. The van der Waals surface area contributed by atoms with Crippen LogP contribution in [0.15, 0.2) is 71.6 Å². The van der Waals surface area contributed by atoms with Crippen molar-refractivity contribution in [2.75, 3.05) is 24.5 Å². The predicted octanol–water partition coefficient (Wildman–Crippen LogP) is 4.76. The molecular formula is C31H39N3O5S. The monoisotopic (exact) mass is 565 g/mol. The first-order valence-corrected chi connectivity index (χ1v) is 14.8. The molecule has 0 spiro atoms. The third kappa shape index (κ3) is 7.21. The quantitative estimate of drug-likeness (QED) is 0.342. The van der Waals surface area contributed by atoms with Gasteiger partial charge in [-0.25, -0.2) is 8.42 Å². The molecule has 0 saturated heterocycles. The van der Waals surface area contributed by atoms with Gasteiger partial charge in [0.15, 0.2) is 0 Å². The van der Waals surface area contributed by atoms with E-state index in [4.69, 9.17) is 4.74 Å². The second-order valence-corrected chi connectivity index (χ2v) is 11.7. The van der Waals surface area contributed by atoms with Gasteiger partial charge < -0.3 is 15.0 Å². The largest absolute Gasteiger partial charge is 0.497 e. The molecule has 8 nitrogen and oxygen atoms in total. The van der Waals surface area contributed by atoms with Crippen molar-refractivity contribution in [1.82, 2.24) is 10.2 Å². The summed E-state index contributed by atoms with van der Waals surface area (Å²) >= 11 is 0. The van der Waals surface area contributed by atoms with Gasteiger partial charge in [-0.15, -0.1) is 0 Å². The summed E-state index contributed by atoms with van der Waals surface area (Å²) in [4.78, 5) is 28.7. The number of rotatable bonds is 12. The number of nitrogens with zero attached hydrogens (tertiary/aromatic N) is 2. The first kappa shape index (κ1) is 30.7. The van der Waals surface area contributed by atoms with E-state index in [2.05, 4.69) is 5.32 Å². The first-order chi connectivity index (χ1) is 19.0. The van der Waals surface area contributed by atoms with Gasteiger partial charge in [-0.2, -0.15) is 0 Å². The van der Waals surface area contributed by atoms with Crippen molar-refractivity contribution in [3.8, 4) is 5.75 Å². The third-order valence-electron chi connectivity index (χ3n) is 6.76. The number of ether oxygens (including phenoxy) is 1. The highest BCUT2D eigenvalue weighted by Crippen LogP contribution is 2.28. The van der Waals surface area contributed by atoms with Crippen LogP contribution in [0, 0.1) is 20.8 Å². The zero-order chi connectivity index (χ0) is 29.4. The van der Waals surface area contributed by atoms with Crippen LogP contribution in [0.1, 0.15) is 42.5 Å². The van der Waals surface area contributed by atoms with Crippen LogP contribution in [-0.2, 0) is 26.2 Å². The summed E-state index contributed by atoms with van der Waals surface area (Å²) in [6.45, 7) is 9.35. The van der Waals surface area contributed by atoms with Crippen molar-refractivity contribution < 1.29 is 22.7 Å². The lowest BCUT2D eigenvalue weighted by atomic mass is 10.1. The summed E-state index contributed by atoms with van der Waals surface area (Å²) in [5.74, 6) is -0.0986. The van der Waals surface area contributed by atoms with Crippen molar-refractivity contribution in [1.29, 1.82) is 0 Å². The molecule has 0 saturated carbocycles. The minimum absolute atomic E-state index is 0.0864. The molecule has 0 aliphatic carbocycles. The Morgan fingerprint density at radius 2 is 1.52 bits per heavy atom. The molecule has 1 atom stereocenters. The predicted molar refractivity (Wildman–Crippen MR) is 158 cm³/mol. The van der Waals surface area contributed by atoms with E-state index in [9.17, 15) is 18.0 Å². The second-order valence-electron chi connectivity index (χ2n) is 9.80. The Kier molecular flexibility index (Phi) is 10.3. The van der Waals surface area contributed by atoms with Gasteiger partial charge in [0.05, 0.1) is 17.7 Å². The fraction of sp³-hybridized carbons (Fsp3) is 0.355. The molecule has 0 bridgehead atoms. The van der Waals surface area contributed by atoms with E-state index < -0.39 is 28.5 Å². The molecule has 9 heteroatoms. The Morgan fingerprint density at radius 3 is 2.08 bits per heavy atom. The summed E-state index contributed by atoms with van der Waals surface area (Å²) < 4.78 is 34.4. The number of anilines is 1. The van der Waals surface area contributed by atoms with Crippen LogP contribution in [0.3, 0.4) is 0 Å². The number of hydrogen-bond donors (Lipinski definition) is 1. The van der Waals surface area contributed by atoms with Crippen LogP contribution in [0.4, 0.5) is 5.69 Å². The average molecular weight is 566 g/mol.